The lowest BCUT2D eigenvalue weighted by Gasteiger charge is -2.29. The molecular formula is C20H24N6O2S. The van der Waals surface area contributed by atoms with Crippen molar-refractivity contribution >= 4 is 33.7 Å². The van der Waals surface area contributed by atoms with Crippen LogP contribution in [0.25, 0.3) is 5.52 Å². The Kier molecular flexibility index (Phi) is 4.84. The Balaban J connectivity index is 1.21. The summed E-state index contributed by atoms with van der Waals surface area (Å²) in [4.78, 5) is 26.2. The molecule has 2 N–H and O–H groups in total. The number of anilines is 2. The third-order valence-corrected chi connectivity index (χ3v) is 6.62. The second kappa shape index (κ2) is 7.64. The van der Waals surface area contributed by atoms with Gasteiger partial charge in [-0.1, -0.05) is 0 Å². The third-order valence-electron chi connectivity index (χ3n) is 5.71. The minimum absolute atomic E-state index is 0.0785. The minimum Gasteiger partial charge on any atom is -0.393 e. The van der Waals surface area contributed by atoms with Gasteiger partial charge in [-0.25, -0.2) is 9.97 Å². The van der Waals surface area contributed by atoms with E-state index in [0.29, 0.717) is 5.69 Å². The average Bonchev–Trinajstić information content (AvgIpc) is 3.48. The third kappa shape index (κ3) is 3.67. The van der Waals surface area contributed by atoms with Gasteiger partial charge in [0.1, 0.15) is 5.69 Å². The van der Waals surface area contributed by atoms with Gasteiger partial charge in [-0.3, -0.25) is 4.79 Å². The Hall–Kier alpha value is -2.65. The van der Waals surface area contributed by atoms with Crippen molar-refractivity contribution in [2.24, 2.45) is 0 Å². The molecule has 0 aliphatic carbocycles. The molecule has 2 fully saturated rings. The quantitative estimate of drug-likeness (QED) is 0.679. The van der Waals surface area contributed by atoms with Crippen LogP contribution in [0.5, 0.6) is 0 Å². The lowest BCUT2D eigenvalue weighted by molar-refractivity contribution is 0.0936. The highest BCUT2D eigenvalue weighted by atomic mass is 32.1. The molecule has 2 aliphatic heterocycles. The molecule has 152 valence electrons. The van der Waals surface area contributed by atoms with Crippen LogP contribution in [-0.2, 0) is 0 Å². The summed E-state index contributed by atoms with van der Waals surface area (Å²) in [5.41, 5.74) is 1.55. The molecule has 2 saturated heterocycles. The maximum absolute atomic E-state index is 12.7. The van der Waals surface area contributed by atoms with Gasteiger partial charge in [0, 0.05) is 56.2 Å². The number of hydrogen-bond acceptors (Lipinski definition) is 7. The predicted octanol–water partition coefficient (Wildman–Crippen LogP) is 1.76. The zero-order valence-electron chi connectivity index (χ0n) is 16.1. The fourth-order valence-electron chi connectivity index (χ4n) is 4.10. The molecule has 1 atom stereocenters. The van der Waals surface area contributed by atoms with Crippen molar-refractivity contribution in [1.29, 1.82) is 0 Å². The average molecular weight is 413 g/mol. The molecule has 0 saturated carbocycles. The summed E-state index contributed by atoms with van der Waals surface area (Å²) in [7, 11) is 0. The number of hydrogen-bond donors (Lipinski definition) is 2. The highest BCUT2D eigenvalue weighted by Gasteiger charge is 2.27. The van der Waals surface area contributed by atoms with Gasteiger partial charge in [0.2, 0.25) is 0 Å². The fourth-order valence-corrected chi connectivity index (χ4v) is 4.96. The van der Waals surface area contributed by atoms with Gasteiger partial charge in [0.25, 0.3) is 5.91 Å². The van der Waals surface area contributed by atoms with E-state index >= 15 is 0 Å². The van der Waals surface area contributed by atoms with Gasteiger partial charge in [0.15, 0.2) is 10.9 Å². The second-order valence-electron chi connectivity index (χ2n) is 7.69. The number of carbonyl (C=O) groups excluding carboxylic acids is 1. The van der Waals surface area contributed by atoms with E-state index in [-0.39, 0.29) is 18.1 Å². The van der Waals surface area contributed by atoms with Crippen LogP contribution in [0.15, 0.2) is 36.1 Å². The van der Waals surface area contributed by atoms with Gasteiger partial charge in [-0.05, 0) is 31.4 Å². The fraction of sp³-hybridized carbons (Fsp3) is 0.450. The van der Waals surface area contributed by atoms with Gasteiger partial charge in [-0.2, -0.15) is 0 Å². The summed E-state index contributed by atoms with van der Waals surface area (Å²) in [6.07, 6.45) is 7.94. The smallest absolute Gasteiger partial charge is 0.271 e. The van der Waals surface area contributed by atoms with Crippen LogP contribution in [0, 0.1) is 0 Å². The number of aliphatic hydroxyl groups is 1. The molecule has 3 aromatic heterocycles. The first-order valence-electron chi connectivity index (χ1n) is 10.0. The summed E-state index contributed by atoms with van der Waals surface area (Å²) in [5, 5.41) is 15.5. The lowest BCUT2D eigenvalue weighted by Crippen LogP contribution is -2.38. The molecule has 8 nitrogen and oxygen atoms in total. The molecule has 3 aromatic rings. The number of rotatable bonds is 4. The zero-order chi connectivity index (χ0) is 19.8. The van der Waals surface area contributed by atoms with Gasteiger partial charge >= 0.3 is 0 Å². The number of carbonyl (C=O) groups is 1. The summed E-state index contributed by atoms with van der Waals surface area (Å²) >= 11 is 1.49. The minimum atomic E-state index is -0.216. The summed E-state index contributed by atoms with van der Waals surface area (Å²) in [6, 6.07) is 4.15. The van der Waals surface area contributed by atoms with Crippen molar-refractivity contribution in [3.05, 3.63) is 41.8 Å². The monoisotopic (exact) mass is 412 g/mol. The molecule has 9 heteroatoms. The second-order valence-corrected chi connectivity index (χ2v) is 8.53. The van der Waals surface area contributed by atoms with Crippen molar-refractivity contribution in [3.63, 3.8) is 0 Å². The molecule has 0 unspecified atom stereocenters. The van der Waals surface area contributed by atoms with Gasteiger partial charge in [-0.15, -0.1) is 11.3 Å². The van der Waals surface area contributed by atoms with E-state index in [9.17, 15) is 9.90 Å². The van der Waals surface area contributed by atoms with Crippen LogP contribution in [0.1, 0.15) is 29.8 Å². The first-order chi connectivity index (χ1) is 14.2. The molecule has 5 heterocycles. The van der Waals surface area contributed by atoms with Gasteiger partial charge < -0.3 is 24.6 Å². The normalized spacial score (nSPS) is 20.5. The van der Waals surface area contributed by atoms with E-state index in [4.69, 9.17) is 0 Å². The summed E-state index contributed by atoms with van der Waals surface area (Å²) in [5.74, 6) is 0.836. The van der Waals surface area contributed by atoms with Crippen molar-refractivity contribution < 1.29 is 9.90 Å². The molecule has 0 aromatic carbocycles. The molecule has 29 heavy (non-hydrogen) atoms. The first-order valence-corrected chi connectivity index (χ1v) is 10.9. The van der Waals surface area contributed by atoms with Crippen molar-refractivity contribution in [3.8, 4) is 0 Å². The van der Waals surface area contributed by atoms with Crippen molar-refractivity contribution in [2.75, 3.05) is 36.0 Å². The highest BCUT2D eigenvalue weighted by Crippen LogP contribution is 2.26. The molecular weight excluding hydrogens is 388 g/mol. The van der Waals surface area contributed by atoms with E-state index in [1.807, 2.05) is 30.0 Å². The zero-order valence-corrected chi connectivity index (χ0v) is 16.9. The number of fused-ring (bicyclic) bond motifs is 1. The highest BCUT2D eigenvalue weighted by molar-refractivity contribution is 7.13. The largest absolute Gasteiger partial charge is 0.393 e. The predicted molar refractivity (Wildman–Crippen MR) is 113 cm³/mol. The van der Waals surface area contributed by atoms with Gasteiger partial charge in [0.05, 0.1) is 11.6 Å². The Morgan fingerprint density at radius 3 is 2.86 bits per heavy atom. The maximum atomic E-state index is 12.7. The summed E-state index contributed by atoms with van der Waals surface area (Å²) < 4.78 is 2.06. The number of amides is 1. The first kappa shape index (κ1) is 18.4. The SMILES string of the molecule is O=C(N[C@H]1CCN(c2nccn3cccc23)C1)c1csc(N2CCC(O)CC2)n1. The maximum Gasteiger partial charge on any atom is 0.271 e. The van der Waals surface area contributed by atoms with E-state index < -0.39 is 0 Å². The van der Waals surface area contributed by atoms with Crippen molar-refractivity contribution in [2.45, 2.75) is 31.4 Å². The Morgan fingerprint density at radius 1 is 1.17 bits per heavy atom. The number of nitrogens with zero attached hydrogens (tertiary/aromatic N) is 5. The Bertz CT molecular complexity index is 1010. The molecule has 1 amide bonds. The number of piperidine rings is 1. The van der Waals surface area contributed by atoms with E-state index in [2.05, 4.69) is 35.6 Å². The van der Waals surface area contributed by atoms with E-state index in [1.165, 1.54) is 11.3 Å². The lowest BCUT2D eigenvalue weighted by atomic mass is 10.1. The Labute approximate surface area is 172 Å². The number of aliphatic hydroxyl groups excluding tert-OH is 1. The van der Waals surface area contributed by atoms with Crippen molar-refractivity contribution in [1.82, 2.24) is 19.7 Å². The van der Waals surface area contributed by atoms with Crippen LogP contribution in [0.3, 0.4) is 0 Å². The van der Waals surface area contributed by atoms with Crippen LogP contribution in [0.4, 0.5) is 10.9 Å². The van der Waals surface area contributed by atoms with Crippen LogP contribution >= 0.6 is 11.3 Å². The van der Waals surface area contributed by atoms with Crippen LogP contribution in [-0.4, -0.2) is 63.7 Å². The standard InChI is InChI=1S/C20H24N6O2S/c27-15-4-9-25(10-5-15)20-23-16(13-29-20)19(28)22-14-3-8-26(12-14)18-17-2-1-7-24(17)11-6-21-18/h1-2,6-7,11,13-15,27H,3-5,8-10,12H2,(H,22,28)/t14-/m0/s1. The molecule has 0 radical (unpaired) electrons. The molecule has 0 spiro atoms. The molecule has 0 bridgehead atoms. The molecule has 2 aliphatic rings. The number of aromatic nitrogens is 3. The van der Waals surface area contributed by atoms with Crippen LogP contribution < -0.4 is 15.1 Å². The molecule has 5 rings (SSSR count). The Morgan fingerprint density at radius 2 is 2.00 bits per heavy atom. The van der Waals surface area contributed by atoms with E-state index in [1.54, 1.807) is 0 Å². The topological polar surface area (TPSA) is 86.0 Å². The van der Waals surface area contributed by atoms with Crippen LogP contribution in [0.2, 0.25) is 0 Å². The number of thiazole rings is 1. The summed E-state index contributed by atoms with van der Waals surface area (Å²) in [6.45, 7) is 3.17. The number of nitrogens with one attached hydrogen (secondary N) is 1. The van der Waals surface area contributed by atoms with E-state index in [0.717, 1.165) is 61.9 Å².